The first-order chi connectivity index (χ1) is 15.7. The number of nitrogens with one attached hydrogen (secondary N) is 2. The van der Waals surface area contributed by atoms with Gasteiger partial charge in [-0.3, -0.25) is 5.43 Å². The van der Waals surface area contributed by atoms with Crippen molar-refractivity contribution in [2.24, 2.45) is 0 Å². The maximum atomic E-state index is 5.77. The van der Waals surface area contributed by atoms with E-state index in [1.54, 1.807) is 7.11 Å². The van der Waals surface area contributed by atoms with Crippen LogP contribution in [0.3, 0.4) is 0 Å². The number of hydrogen-bond acceptors (Lipinski definition) is 8. The molecule has 4 rings (SSSR count). The molecular formula is C24H30N4O4. The number of unbranched alkanes of at least 4 members (excludes halogenated alkanes) is 1. The molecule has 0 saturated carbocycles. The lowest BCUT2D eigenvalue weighted by Gasteiger charge is -2.16. The Bertz CT molecular complexity index is 1010. The molecule has 8 nitrogen and oxygen atoms in total. The van der Waals surface area contributed by atoms with E-state index in [4.69, 9.17) is 18.7 Å². The molecule has 2 heterocycles. The van der Waals surface area contributed by atoms with Crippen LogP contribution in [0.2, 0.25) is 0 Å². The lowest BCUT2D eigenvalue weighted by Crippen LogP contribution is -2.24. The van der Waals surface area contributed by atoms with Crippen LogP contribution in [-0.2, 0) is 0 Å². The molecule has 8 heteroatoms. The Labute approximate surface area is 188 Å². The molecule has 0 spiro atoms. The highest BCUT2D eigenvalue weighted by Gasteiger charge is 2.34. The Kier molecular flexibility index (Phi) is 7.24. The van der Waals surface area contributed by atoms with E-state index in [0.717, 1.165) is 36.3 Å². The van der Waals surface area contributed by atoms with Crippen molar-refractivity contribution in [2.45, 2.75) is 38.6 Å². The van der Waals surface area contributed by atoms with Gasteiger partial charge in [0.15, 0.2) is 11.5 Å². The number of ether oxygens (including phenoxy) is 3. The Morgan fingerprint density at radius 1 is 1.06 bits per heavy atom. The zero-order valence-electron chi connectivity index (χ0n) is 18.8. The molecule has 3 aromatic rings. The normalized spacial score (nSPS) is 18.0. The summed E-state index contributed by atoms with van der Waals surface area (Å²) < 4.78 is 22.5. The highest BCUT2D eigenvalue weighted by atomic mass is 16.5. The van der Waals surface area contributed by atoms with Crippen LogP contribution >= 0.6 is 0 Å². The third-order valence-electron chi connectivity index (χ3n) is 5.47. The fraction of sp³-hybridized carbons (Fsp3) is 0.417. The van der Waals surface area contributed by atoms with Crippen molar-refractivity contribution in [1.29, 1.82) is 0 Å². The molecule has 0 amide bonds. The van der Waals surface area contributed by atoms with Crippen molar-refractivity contribution in [3.05, 3.63) is 53.9 Å². The average molecular weight is 439 g/mol. The van der Waals surface area contributed by atoms with Gasteiger partial charge in [0.1, 0.15) is 5.75 Å². The molecule has 1 saturated heterocycles. The second-order valence-corrected chi connectivity index (χ2v) is 7.64. The fourth-order valence-corrected chi connectivity index (χ4v) is 3.73. The van der Waals surface area contributed by atoms with Crippen molar-refractivity contribution in [3.63, 3.8) is 0 Å². The predicted octanol–water partition coefficient (Wildman–Crippen LogP) is 4.26. The van der Waals surface area contributed by atoms with E-state index >= 15 is 0 Å². The second kappa shape index (κ2) is 10.5. The van der Waals surface area contributed by atoms with Crippen LogP contribution in [0.25, 0.3) is 11.4 Å². The van der Waals surface area contributed by atoms with Crippen LogP contribution in [-0.4, -0.2) is 37.0 Å². The summed E-state index contributed by atoms with van der Waals surface area (Å²) in [5.74, 6) is 3.32. The largest absolute Gasteiger partial charge is 0.494 e. The number of methoxy groups -OCH3 is 1. The van der Waals surface area contributed by atoms with E-state index in [0.29, 0.717) is 36.4 Å². The SMILES string of the molecule is CCCCOc1ccc(C2NNCC2c2nc(-c3ccc(OCC)c(OC)c3)no2)cc1. The Morgan fingerprint density at radius 2 is 1.91 bits per heavy atom. The van der Waals surface area contributed by atoms with Gasteiger partial charge < -0.3 is 18.7 Å². The molecule has 2 unspecified atom stereocenters. The molecular weight excluding hydrogens is 408 g/mol. The summed E-state index contributed by atoms with van der Waals surface area (Å²) >= 11 is 0. The zero-order valence-corrected chi connectivity index (χ0v) is 18.8. The van der Waals surface area contributed by atoms with Crippen LogP contribution in [0, 0.1) is 0 Å². The van der Waals surface area contributed by atoms with E-state index in [1.165, 1.54) is 0 Å². The molecule has 0 bridgehead atoms. The molecule has 1 aliphatic heterocycles. The monoisotopic (exact) mass is 438 g/mol. The van der Waals surface area contributed by atoms with Crippen LogP contribution < -0.4 is 25.1 Å². The summed E-state index contributed by atoms with van der Waals surface area (Å²) in [4.78, 5) is 4.68. The number of hydrogen-bond donors (Lipinski definition) is 2. The van der Waals surface area contributed by atoms with Gasteiger partial charge in [-0.2, -0.15) is 4.98 Å². The molecule has 170 valence electrons. The van der Waals surface area contributed by atoms with E-state index in [9.17, 15) is 0 Å². The number of nitrogens with zero attached hydrogens (tertiary/aromatic N) is 2. The predicted molar refractivity (Wildman–Crippen MR) is 121 cm³/mol. The molecule has 2 atom stereocenters. The Hall–Kier alpha value is -3.10. The van der Waals surface area contributed by atoms with Gasteiger partial charge in [-0.1, -0.05) is 30.6 Å². The summed E-state index contributed by atoms with van der Waals surface area (Å²) in [6.07, 6.45) is 2.17. The van der Waals surface area contributed by atoms with E-state index < -0.39 is 0 Å². The van der Waals surface area contributed by atoms with Crippen molar-refractivity contribution < 1.29 is 18.7 Å². The minimum Gasteiger partial charge on any atom is -0.494 e. The van der Waals surface area contributed by atoms with Gasteiger partial charge in [-0.25, -0.2) is 5.43 Å². The molecule has 0 aliphatic carbocycles. The number of aromatic nitrogens is 2. The van der Waals surface area contributed by atoms with E-state index in [2.05, 4.69) is 40.0 Å². The van der Waals surface area contributed by atoms with Crippen LogP contribution in [0.1, 0.15) is 50.1 Å². The molecule has 1 aromatic heterocycles. The van der Waals surface area contributed by atoms with Gasteiger partial charge in [-0.05, 0) is 49.2 Å². The molecule has 32 heavy (non-hydrogen) atoms. The first-order valence-electron chi connectivity index (χ1n) is 11.1. The van der Waals surface area contributed by atoms with E-state index in [1.807, 2.05) is 37.3 Å². The quantitative estimate of drug-likeness (QED) is 0.454. The lowest BCUT2D eigenvalue weighted by molar-refractivity contribution is 0.309. The number of rotatable bonds is 10. The third-order valence-corrected chi connectivity index (χ3v) is 5.47. The summed E-state index contributed by atoms with van der Waals surface area (Å²) in [5, 5.41) is 4.21. The average Bonchev–Trinajstić information content (AvgIpc) is 3.50. The third kappa shape index (κ3) is 4.87. The van der Waals surface area contributed by atoms with Crippen molar-refractivity contribution in [1.82, 2.24) is 21.0 Å². The van der Waals surface area contributed by atoms with E-state index in [-0.39, 0.29) is 12.0 Å². The molecule has 2 N–H and O–H groups in total. The molecule has 1 fully saturated rings. The molecule has 1 aliphatic rings. The van der Waals surface area contributed by atoms with Gasteiger partial charge in [0.05, 0.1) is 32.3 Å². The standard InChI is InChI=1S/C24H30N4O4/c1-4-6-13-31-18-10-7-16(8-11-18)22-19(15-25-27-22)24-26-23(28-32-24)17-9-12-20(30-5-2)21(14-17)29-3/h7-12,14,19,22,25,27H,4-6,13,15H2,1-3H3. The number of hydrazine groups is 1. The maximum absolute atomic E-state index is 5.77. The minimum atomic E-state index is 0.00713. The van der Waals surface area contributed by atoms with Gasteiger partial charge in [0.2, 0.25) is 11.7 Å². The maximum Gasteiger partial charge on any atom is 0.233 e. The first-order valence-corrected chi connectivity index (χ1v) is 11.1. The summed E-state index contributed by atoms with van der Waals surface area (Å²) in [5.41, 5.74) is 8.49. The number of benzene rings is 2. The van der Waals surface area contributed by atoms with Crippen molar-refractivity contribution in [3.8, 4) is 28.6 Å². The Balaban J connectivity index is 1.50. The van der Waals surface area contributed by atoms with Gasteiger partial charge in [0, 0.05) is 12.1 Å². The highest BCUT2D eigenvalue weighted by Crippen LogP contribution is 2.35. The lowest BCUT2D eigenvalue weighted by atomic mass is 9.95. The van der Waals surface area contributed by atoms with Crippen LogP contribution in [0.15, 0.2) is 47.0 Å². The topological polar surface area (TPSA) is 90.7 Å². The molecule has 2 aromatic carbocycles. The molecule has 0 radical (unpaired) electrons. The first kappa shape index (κ1) is 22.1. The van der Waals surface area contributed by atoms with Crippen molar-refractivity contribution in [2.75, 3.05) is 26.9 Å². The summed E-state index contributed by atoms with van der Waals surface area (Å²) in [6, 6.07) is 13.8. The van der Waals surface area contributed by atoms with Gasteiger partial charge in [-0.15, -0.1) is 0 Å². The summed E-state index contributed by atoms with van der Waals surface area (Å²) in [6.45, 7) is 6.08. The zero-order chi connectivity index (χ0) is 22.3. The highest BCUT2D eigenvalue weighted by molar-refractivity contribution is 5.60. The van der Waals surface area contributed by atoms with Crippen LogP contribution in [0.5, 0.6) is 17.2 Å². The van der Waals surface area contributed by atoms with Crippen LogP contribution in [0.4, 0.5) is 0 Å². The summed E-state index contributed by atoms with van der Waals surface area (Å²) in [7, 11) is 1.61. The Morgan fingerprint density at radius 3 is 2.66 bits per heavy atom. The minimum absolute atomic E-state index is 0.00713. The smallest absolute Gasteiger partial charge is 0.233 e. The van der Waals surface area contributed by atoms with Crippen molar-refractivity contribution >= 4 is 0 Å². The van der Waals surface area contributed by atoms with Gasteiger partial charge >= 0.3 is 0 Å². The fourth-order valence-electron chi connectivity index (χ4n) is 3.73. The van der Waals surface area contributed by atoms with Gasteiger partial charge in [0.25, 0.3) is 0 Å². The second-order valence-electron chi connectivity index (χ2n) is 7.64.